The van der Waals surface area contributed by atoms with Gasteiger partial charge in [0.2, 0.25) is 17.8 Å². The summed E-state index contributed by atoms with van der Waals surface area (Å²) >= 11 is 0. The number of hydrazine groups is 1. The van der Waals surface area contributed by atoms with E-state index >= 15 is 0 Å². The van der Waals surface area contributed by atoms with Crippen LogP contribution in [0.25, 0.3) is 5.95 Å². The number of nitrogens with two attached hydrogens (primary N) is 1. The van der Waals surface area contributed by atoms with Crippen molar-refractivity contribution in [3.05, 3.63) is 18.7 Å². The zero-order valence-electron chi connectivity index (χ0n) is 11.2. The Morgan fingerprint density at radius 1 is 1.20 bits per heavy atom. The number of nitrogens with one attached hydrogen (secondary N) is 2. The summed E-state index contributed by atoms with van der Waals surface area (Å²) in [6.07, 6.45) is 10.3. The minimum atomic E-state index is 0.331. The van der Waals surface area contributed by atoms with Crippen LogP contribution >= 0.6 is 0 Å². The van der Waals surface area contributed by atoms with Crippen LogP contribution in [0.5, 0.6) is 0 Å². The van der Waals surface area contributed by atoms with Gasteiger partial charge < -0.3 is 5.32 Å². The molecule has 1 aliphatic carbocycles. The summed E-state index contributed by atoms with van der Waals surface area (Å²) in [5.74, 6) is 7.46. The summed E-state index contributed by atoms with van der Waals surface area (Å²) in [5, 5.41) is 3.27. The average Bonchev–Trinajstić information content (AvgIpc) is 3.17. The van der Waals surface area contributed by atoms with Crippen LogP contribution in [0.1, 0.15) is 25.7 Å². The zero-order chi connectivity index (χ0) is 13.8. The van der Waals surface area contributed by atoms with Gasteiger partial charge in [0.25, 0.3) is 0 Å². The number of imidazole rings is 1. The second-order valence-corrected chi connectivity index (χ2v) is 4.93. The molecule has 0 saturated heterocycles. The number of rotatable bonds is 5. The van der Waals surface area contributed by atoms with E-state index in [2.05, 4.69) is 30.7 Å². The topological polar surface area (TPSA) is 107 Å². The molecule has 8 heteroatoms. The monoisotopic (exact) mass is 274 g/mol. The van der Waals surface area contributed by atoms with Crippen LogP contribution in [0.15, 0.2) is 18.7 Å². The third-order valence-electron chi connectivity index (χ3n) is 3.51. The highest BCUT2D eigenvalue weighted by atomic mass is 15.4. The third-order valence-corrected chi connectivity index (χ3v) is 3.51. The SMILES string of the molecule is NNc1nc(NCC2CCCC2)nc(-n2ccnc2)n1. The van der Waals surface area contributed by atoms with Crippen molar-refractivity contribution in [2.24, 2.45) is 11.8 Å². The molecule has 20 heavy (non-hydrogen) atoms. The molecule has 3 rings (SSSR count). The Hall–Kier alpha value is -2.22. The lowest BCUT2D eigenvalue weighted by Gasteiger charge is -2.12. The van der Waals surface area contributed by atoms with Crippen molar-refractivity contribution in [2.75, 3.05) is 17.3 Å². The maximum Gasteiger partial charge on any atom is 0.243 e. The molecular weight excluding hydrogens is 256 g/mol. The number of aromatic nitrogens is 5. The molecular formula is C12H18N8. The fourth-order valence-corrected chi connectivity index (χ4v) is 2.45. The minimum Gasteiger partial charge on any atom is -0.354 e. The van der Waals surface area contributed by atoms with E-state index in [0.717, 1.165) is 6.54 Å². The normalized spacial score (nSPS) is 15.4. The van der Waals surface area contributed by atoms with Crippen molar-refractivity contribution < 1.29 is 0 Å². The van der Waals surface area contributed by atoms with Gasteiger partial charge in [-0.3, -0.25) is 9.99 Å². The largest absolute Gasteiger partial charge is 0.354 e. The van der Waals surface area contributed by atoms with E-state index in [1.807, 2.05) is 0 Å². The molecule has 0 unspecified atom stereocenters. The molecule has 0 aromatic carbocycles. The van der Waals surface area contributed by atoms with Crippen LogP contribution in [0.4, 0.5) is 11.9 Å². The summed E-state index contributed by atoms with van der Waals surface area (Å²) < 4.78 is 1.71. The highest BCUT2D eigenvalue weighted by Gasteiger charge is 2.15. The Morgan fingerprint density at radius 3 is 2.70 bits per heavy atom. The maximum absolute atomic E-state index is 5.40. The first-order valence-corrected chi connectivity index (χ1v) is 6.80. The van der Waals surface area contributed by atoms with Crippen LogP contribution in [0.2, 0.25) is 0 Å². The fraction of sp³-hybridized carbons (Fsp3) is 0.500. The molecule has 0 aliphatic heterocycles. The molecule has 0 atom stereocenters. The molecule has 8 nitrogen and oxygen atoms in total. The molecule has 4 N–H and O–H groups in total. The molecule has 106 valence electrons. The first-order valence-electron chi connectivity index (χ1n) is 6.80. The van der Waals surface area contributed by atoms with Crippen molar-refractivity contribution in [2.45, 2.75) is 25.7 Å². The second-order valence-electron chi connectivity index (χ2n) is 4.93. The maximum atomic E-state index is 5.40. The van der Waals surface area contributed by atoms with Crippen LogP contribution in [0.3, 0.4) is 0 Å². The average molecular weight is 274 g/mol. The fourth-order valence-electron chi connectivity index (χ4n) is 2.45. The molecule has 0 radical (unpaired) electrons. The van der Waals surface area contributed by atoms with E-state index in [9.17, 15) is 0 Å². The van der Waals surface area contributed by atoms with E-state index in [4.69, 9.17) is 5.84 Å². The van der Waals surface area contributed by atoms with Gasteiger partial charge in [0.1, 0.15) is 6.33 Å². The van der Waals surface area contributed by atoms with Gasteiger partial charge in [-0.25, -0.2) is 10.8 Å². The van der Waals surface area contributed by atoms with Gasteiger partial charge >= 0.3 is 0 Å². The molecule has 2 heterocycles. The standard InChI is InChI=1S/C12H18N8/c13-19-11-16-10(15-7-9-3-1-2-4-9)17-12(18-11)20-6-5-14-8-20/h5-6,8-9H,1-4,7,13H2,(H2,15,16,17,18,19). The quantitative estimate of drug-likeness (QED) is 0.550. The zero-order valence-corrected chi connectivity index (χ0v) is 11.2. The Kier molecular flexibility index (Phi) is 3.73. The molecule has 1 saturated carbocycles. The number of nitrogen functional groups attached to an aromatic ring is 1. The smallest absolute Gasteiger partial charge is 0.243 e. The lowest BCUT2D eigenvalue weighted by Crippen LogP contribution is -2.18. The van der Waals surface area contributed by atoms with Gasteiger partial charge in [-0.15, -0.1) is 0 Å². The van der Waals surface area contributed by atoms with Gasteiger partial charge in [-0.05, 0) is 18.8 Å². The number of hydrogen-bond donors (Lipinski definition) is 3. The van der Waals surface area contributed by atoms with E-state index in [0.29, 0.717) is 23.8 Å². The van der Waals surface area contributed by atoms with Crippen molar-refractivity contribution in [3.8, 4) is 5.95 Å². The van der Waals surface area contributed by atoms with E-state index < -0.39 is 0 Å². The first kappa shape index (κ1) is 12.8. The number of anilines is 2. The van der Waals surface area contributed by atoms with Gasteiger partial charge in [-0.1, -0.05) is 12.8 Å². The lowest BCUT2D eigenvalue weighted by atomic mass is 10.1. The van der Waals surface area contributed by atoms with Crippen molar-refractivity contribution in [1.29, 1.82) is 0 Å². The van der Waals surface area contributed by atoms with Crippen LogP contribution in [-0.4, -0.2) is 31.0 Å². The molecule has 0 spiro atoms. The Bertz CT molecular complexity index is 547. The van der Waals surface area contributed by atoms with Crippen LogP contribution in [-0.2, 0) is 0 Å². The van der Waals surface area contributed by atoms with Crippen molar-refractivity contribution in [3.63, 3.8) is 0 Å². The van der Waals surface area contributed by atoms with Gasteiger partial charge in [-0.2, -0.15) is 15.0 Å². The molecule has 1 aliphatic rings. The van der Waals surface area contributed by atoms with Gasteiger partial charge in [0.05, 0.1) is 0 Å². The van der Waals surface area contributed by atoms with Crippen LogP contribution in [0, 0.1) is 5.92 Å². The lowest BCUT2D eigenvalue weighted by molar-refractivity contribution is 0.577. The van der Waals surface area contributed by atoms with Crippen molar-refractivity contribution >= 4 is 11.9 Å². The Balaban J connectivity index is 1.77. The van der Waals surface area contributed by atoms with Gasteiger partial charge in [0, 0.05) is 18.9 Å². The summed E-state index contributed by atoms with van der Waals surface area (Å²) in [6, 6.07) is 0. The van der Waals surface area contributed by atoms with Crippen LogP contribution < -0.4 is 16.6 Å². The van der Waals surface area contributed by atoms with E-state index in [1.165, 1.54) is 25.7 Å². The summed E-state index contributed by atoms with van der Waals surface area (Å²) in [7, 11) is 0. The highest BCUT2D eigenvalue weighted by molar-refractivity contribution is 5.37. The predicted octanol–water partition coefficient (Wildman–Crippen LogP) is 0.945. The number of hydrogen-bond acceptors (Lipinski definition) is 7. The molecule has 0 bridgehead atoms. The predicted molar refractivity (Wildman–Crippen MR) is 75.2 cm³/mol. The van der Waals surface area contributed by atoms with Gasteiger partial charge in [0.15, 0.2) is 0 Å². The minimum absolute atomic E-state index is 0.331. The van der Waals surface area contributed by atoms with Crippen molar-refractivity contribution in [1.82, 2.24) is 24.5 Å². The first-order chi connectivity index (χ1) is 9.85. The summed E-state index contributed by atoms with van der Waals surface area (Å²) in [5.41, 5.74) is 2.46. The highest BCUT2D eigenvalue weighted by Crippen LogP contribution is 2.24. The molecule has 2 aromatic heterocycles. The molecule has 0 amide bonds. The molecule has 1 fully saturated rings. The number of nitrogens with zero attached hydrogens (tertiary/aromatic N) is 5. The molecule has 2 aromatic rings. The van der Waals surface area contributed by atoms with E-state index in [-0.39, 0.29) is 0 Å². The summed E-state index contributed by atoms with van der Waals surface area (Å²) in [6.45, 7) is 0.886. The Labute approximate surface area is 116 Å². The summed E-state index contributed by atoms with van der Waals surface area (Å²) in [4.78, 5) is 16.8. The third kappa shape index (κ3) is 2.85. The Morgan fingerprint density at radius 2 is 2.00 bits per heavy atom. The van der Waals surface area contributed by atoms with E-state index in [1.54, 1.807) is 23.3 Å². The second kappa shape index (κ2) is 5.83.